The number of halogens is 3. The number of likely N-dealkylation sites (N-methyl/N-ethyl adjacent to an activating group) is 1. The number of likely N-dealkylation sites (tertiary alicyclic amines) is 1. The van der Waals surface area contributed by atoms with Crippen molar-refractivity contribution in [2.45, 2.75) is 19.0 Å². The topological polar surface area (TPSA) is 58.9 Å². The van der Waals surface area contributed by atoms with Crippen LogP contribution in [-0.4, -0.2) is 43.0 Å². The highest BCUT2D eigenvalue weighted by atomic mass is 19.4. The quantitative estimate of drug-likeness (QED) is 0.479. The fourth-order valence-electron chi connectivity index (χ4n) is 3.48. The zero-order chi connectivity index (χ0) is 21.0. The van der Waals surface area contributed by atoms with Crippen molar-refractivity contribution < 1.29 is 22.8 Å². The number of hydrogen-bond donors (Lipinski definition) is 0. The molecule has 0 atom stereocenters. The Hall–Kier alpha value is -2.81. The summed E-state index contributed by atoms with van der Waals surface area (Å²) in [4.78, 5) is 14.1. The first kappa shape index (κ1) is 20.9. The summed E-state index contributed by atoms with van der Waals surface area (Å²) in [6.45, 7) is 2.55. The van der Waals surface area contributed by atoms with Gasteiger partial charge in [-0.15, -0.1) is 0 Å². The highest BCUT2D eigenvalue weighted by Gasteiger charge is 2.42. The first-order chi connectivity index (χ1) is 13.8. The third-order valence-corrected chi connectivity index (χ3v) is 4.90. The largest absolute Gasteiger partial charge is 0.457 e. The molecule has 3 rings (SSSR count). The van der Waals surface area contributed by atoms with Crippen molar-refractivity contribution in [2.24, 2.45) is 0 Å². The molecule has 0 unspecified atom stereocenters. The molecule has 0 N–H and O–H groups in total. The van der Waals surface area contributed by atoms with Crippen molar-refractivity contribution in [3.8, 4) is 11.5 Å². The Balaban J connectivity index is 2.02. The lowest BCUT2D eigenvalue weighted by Crippen LogP contribution is -2.33. The summed E-state index contributed by atoms with van der Waals surface area (Å²) in [6, 6.07) is 10.1. The van der Waals surface area contributed by atoms with Gasteiger partial charge in [0.2, 0.25) is 0 Å². The van der Waals surface area contributed by atoms with Crippen molar-refractivity contribution in [1.82, 2.24) is 4.90 Å². The first-order valence-electron chi connectivity index (χ1n) is 9.32. The van der Waals surface area contributed by atoms with Gasteiger partial charge in [-0.3, -0.25) is 10.1 Å². The molecular formula is C20H22F3N3O3. The molecular weight excluding hydrogens is 387 g/mol. The van der Waals surface area contributed by atoms with Gasteiger partial charge in [0.1, 0.15) is 22.7 Å². The fourth-order valence-corrected chi connectivity index (χ4v) is 3.48. The van der Waals surface area contributed by atoms with Crippen molar-refractivity contribution >= 4 is 11.4 Å². The highest BCUT2D eigenvalue weighted by molar-refractivity contribution is 5.72. The molecule has 1 heterocycles. The second kappa shape index (κ2) is 8.69. The number of nitro groups is 1. The molecule has 2 aromatic rings. The monoisotopic (exact) mass is 409 g/mol. The maximum atomic E-state index is 14.0. The molecule has 0 amide bonds. The number of rotatable bonds is 7. The second-order valence-corrected chi connectivity index (χ2v) is 6.95. The molecule has 156 valence electrons. The predicted molar refractivity (Wildman–Crippen MR) is 104 cm³/mol. The molecule has 0 spiro atoms. The van der Waals surface area contributed by atoms with Crippen molar-refractivity contribution in [3.05, 3.63) is 58.1 Å². The van der Waals surface area contributed by atoms with Gasteiger partial charge in [-0.2, -0.15) is 13.2 Å². The number of ether oxygens (including phenoxy) is 1. The minimum atomic E-state index is -4.83. The molecule has 1 aliphatic heterocycles. The number of alkyl halides is 3. The first-order valence-corrected chi connectivity index (χ1v) is 9.32. The minimum absolute atomic E-state index is 0.220. The fraction of sp³-hybridized carbons (Fsp3) is 0.400. The van der Waals surface area contributed by atoms with Crippen molar-refractivity contribution in [1.29, 1.82) is 0 Å². The average Bonchev–Trinajstić information content (AvgIpc) is 3.19. The van der Waals surface area contributed by atoms with Gasteiger partial charge in [0, 0.05) is 26.2 Å². The van der Waals surface area contributed by atoms with E-state index in [1.54, 1.807) is 18.2 Å². The predicted octanol–water partition coefficient (Wildman–Crippen LogP) is 4.94. The van der Waals surface area contributed by atoms with Crippen LogP contribution in [0.5, 0.6) is 11.5 Å². The maximum absolute atomic E-state index is 14.0. The Morgan fingerprint density at radius 3 is 2.38 bits per heavy atom. The standard InChI is InChI=1S/C20H22F3N3O3/c1-24(13-14-25-11-5-6-12-25)19-16(26(27)28)9-10-17(18(19)20(21,22)23)29-15-7-3-2-4-8-15/h2-4,7-10H,5-6,11-14H2,1H3. The van der Waals surface area contributed by atoms with Gasteiger partial charge in [0.05, 0.1) is 4.92 Å². The van der Waals surface area contributed by atoms with E-state index in [9.17, 15) is 23.3 Å². The van der Waals surface area contributed by atoms with Gasteiger partial charge in [0.15, 0.2) is 0 Å². The maximum Gasteiger partial charge on any atom is 0.422 e. The average molecular weight is 409 g/mol. The second-order valence-electron chi connectivity index (χ2n) is 6.95. The molecule has 1 saturated heterocycles. The Bertz CT molecular complexity index is 853. The molecule has 29 heavy (non-hydrogen) atoms. The Kier molecular flexibility index (Phi) is 6.26. The van der Waals surface area contributed by atoms with Gasteiger partial charge < -0.3 is 14.5 Å². The van der Waals surface area contributed by atoms with Crippen LogP contribution in [0.1, 0.15) is 18.4 Å². The van der Waals surface area contributed by atoms with Crippen LogP contribution in [-0.2, 0) is 6.18 Å². The van der Waals surface area contributed by atoms with Crippen LogP contribution in [0.15, 0.2) is 42.5 Å². The molecule has 0 bridgehead atoms. The van der Waals surface area contributed by atoms with E-state index in [0.717, 1.165) is 38.1 Å². The van der Waals surface area contributed by atoms with E-state index in [1.165, 1.54) is 24.1 Å². The zero-order valence-corrected chi connectivity index (χ0v) is 16.0. The molecule has 2 aromatic carbocycles. The van der Waals surface area contributed by atoms with Crippen LogP contribution in [0.4, 0.5) is 24.5 Å². The van der Waals surface area contributed by atoms with E-state index in [0.29, 0.717) is 6.54 Å². The summed E-state index contributed by atoms with van der Waals surface area (Å²) in [5, 5.41) is 11.5. The van der Waals surface area contributed by atoms with E-state index < -0.39 is 33.8 Å². The lowest BCUT2D eigenvalue weighted by molar-refractivity contribution is -0.384. The molecule has 0 saturated carbocycles. The van der Waals surface area contributed by atoms with Gasteiger partial charge in [-0.1, -0.05) is 18.2 Å². The van der Waals surface area contributed by atoms with Gasteiger partial charge >= 0.3 is 6.18 Å². The Morgan fingerprint density at radius 2 is 1.79 bits per heavy atom. The third-order valence-electron chi connectivity index (χ3n) is 4.90. The SMILES string of the molecule is CN(CCN1CCCC1)c1c([N+](=O)[O-])ccc(Oc2ccccc2)c1C(F)(F)F. The van der Waals surface area contributed by atoms with Gasteiger partial charge in [-0.05, 0) is 44.1 Å². The number of para-hydroxylation sites is 1. The Labute approximate surface area is 166 Å². The van der Waals surface area contributed by atoms with Crippen LogP contribution < -0.4 is 9.64 Å². The molecule has 6 nitrogen and oxygen atoms in total. The van der Waals surface area contributed by atoms with Gasteiger partial charge in [-0.25, -0.2) is 0 Å². The number of hydrogen-bond acceptors (Lipinski definition) is 5. The van der Waals surface area contributed by atoms with Crippen LogP contribution in [0.3, 0.4) is 0 Å². The summed E-state index contributed by atoms with van der Waals surface area (Å²) in [6.07, 6.45) is -2.72. The van der Waals surface area contributed by atoms with Crippen molar-refractivity contribution in [3.63, 3.8) is 0 Å². The molecule has 0 aliphatic carbocycles. The summed E-state index contributed by atoms with van der Waals surface area (Å²) in [7, 11) is 1.44. The number of anilines is 1. The number of benzene rings is 2. The van der Waals surface area contributed by atoms with Crippen LogP contribution >= 0.6 is 0 Å². The van der Waals surface area contributed by atoms with E-state index in [2.05, 4.69) is 4.90 Å². The van der Waals surface area contributed by atoms with Crippen LogP contribution in [0.2, 0.25) is 0 Å². The number of nitrogens with zero attached hydrogens (tertiary/aromatic N) is 3. The van der Waals surface area contributed by atoms with E-state index >= 15 is 0 Å². The van der Waals surface area contributed by atoms with Crippen molar-refractivity contribution in [2.75, 3.05) is 38.1 Å². The van der Waals surface area contributed by atoms with Crippen LogP contribution in [0.25, 0.3) is 0 Å². The third kappa shape index (κ3) is 4.97. The molecule has 0 aromatic heterocycles. The summed E-state index contributed by atoms with van der Waals surface area (Å²) in [5.41, 5.74) is -2.21. The Morgan fingerprint density at radius 1 is 1.14 bits per heavy atom. The van der Waals surface area contributed by atoms with Gasteiger partial charge in [0.25, 0.3) is 5.69 Å². The van der Waals surface area contributed by atoms with E-state index in [-0.39, 0.29) is 12.3 Å². The molecule has 1 fully saturated rings. The molecule has 9 heteroatoms. The lowest BCUT2D eigenvalue weighted by atomic mass is 10.1. The minimum Gasteiger partial charge on any atom is -0.457 e. The highest BCUT2D eigenvalue weighted by Crippen LogP contribution is 2.47. The van der Waals surface area contributed by atoms with Crippen LogP contribution in [0, 0.1) is 10.1 Å². The van der Waals surface area contributed by atoms with E-state index in [1.807, 2.05) is 0 Å². The smallest absolute Gasteiger partial charge is 0.422 e. The normalized spacial score (nSPS) is 14.8. The zero-order valence-electron chi connectivity index (χ0n) is 16.0. The van der Waals surface area contributed by atoms with E-state index in [4.69, 9.17) is 4.74 Å². The molecule has 1 aliphatic rings. The summed E-state index contributed by atoms with van der Waals surface area (Å²) in [5.74, 6) is -0.241. The summed E-state index contributed by atoms with van der Waals surface area (Å²) < 4.78 is 47.5. The lowest BCUT2D eigenvalue weighted by Gasteiger charge is -2.26. The summed E-state index contributed by atoms with van der Waals surface area (Å²) >= 11 is 0. The molecule has 0 radical (unpaired) electrons. The number of nitro benzene ring substituents is 1.